The van der Waals surface area contributed by atoms with Crippen molar-refractivity contribution in [2.45, 2.75) is 38.0 Å². The van der Waals surface area contributed by atoms with Gasteiger partial charge in [0.1, 0.15) is 0 Å². The molecule has 0 aliphatic carbocycles. The monoisotopic (exact) mass is 459 g/mol. The van der Waals surface area contributed by atoms with Crippen LogP contribution < -0.4 is 14.8 Å². The highest BCUT2D eigenvalue weighted by atomic mass is 32.2. The Labute approximate surface area is 189 Å². The molecule has 164 valence electrons. The Bertz CT molecular complexity index is 1010. The van der Waals surface area contributed by atoms with Gasteiger partial charge >= 0.3 is 0 Å². The van der Waals surface area contributed by atoms with Gasteiger partial charge in [-0.25, -0.2) is 4.68 Å². The van der Waals surface area contributed by atoms with Gasteiger partial charge in [0.25, 0.3) is 0 Å². The van der Waals surface area contributed by atoms with Gasteiger partial charge in [-0.3, -0.25) is 4.79 Å². The largest absolute Gasteiger partial charge is 0.490 e. The highest BCUT2D eigenvalue weighted by Gasteiger charge is 2.22. The van der Waals surface area contributed by atoms with Crippen molar-refractivity contribution >= 4 is 29.0 Å². The van der Waals surface area contributed by atoms with Gasteiger partial charge in [-0.2, -0.15) is 0 Å². The maximum Gasteiger partial charge on any atom is 0.230 e. The molecule has 0 fully saturated rings. The molecule has 1 atom stereocenters. The van der Waals surface area contributed by atoms with E-state index in [0.29, 0.717) is 24.9 Å². The Kier molecular flexibility index (Phi) is 7.08. The van der Waals surface area contributed by atoms with Crippen LogP contribution in [0.3, 0.4) is 0 Å². The number of hydrogen-bond donors (Lipinski definition) is 1. The third kappa shape index (κ3) is 5.56. The van der Waals surface area contributed by atoms with Crippen LogP contribution in [0.25, 0.3) is 0 Å². The zero-order valence-corrected chi connectivity index (χ0v) is 19.1. The second kappa shape index (κ2) is 10.1. The summed E-state index contributed by atoms with van der Waals surface area (Å²) in [6, 6.07) is 9.79. The number of rotatable bonds is 8. The van der Waals surface area contributed by atoms with Crippen LogP contribution in [-0.4, -0.2) is 45.1 Å². The molecule has 0 spiro atoms. The molecule has 1 aliphatic heterocycles. The van der Waals surface area contributed by atoms with Gasteiger partial charge in [-0.1, -0.05) is 37.7 Å². The Morgan fingerprint density at radius 2 is 2.10 bits per heavy atom. The van der Waals surface area contributed by atoms with Crippen LogP contribution in [0.5, 0.6) is 11.5 Å². The summed E-state index contributed by atoms with van der Waals surface area (Å²) in [5.41, 5.74) is 1.00. The molecule has 0 unspecified atom stereocenters. The maximum absolute atomic E-state index is 12.7. The van der Waals surface area contributed by atoms with Crippen LogP contribution in [0.15, 0.2) is 40.9 Å². The molecule has 31 heavy (non-hydrogen) atoms. The van der Waals surface area contributed by atoms with E-state index < -0.39 is 0 Å². The van der Waals surface area contributed by atoms with Gasteiger partial charge in [0.2, 0.25) is 11.1 Å². The van der Waals surface area contributed by atoms with Gasteiger partial charge in [0.15, 0.2) is 11.5 Å². The van der Waals surface area contributed by atoms with Crippen molar-refractivity contribution in [2.24, 2.45) is 5.92 Å². The molecule has 8 nitrogen and oxygen atoms in total. The summed E-state index contributed by atoms with van der Waals surface area (Å²) in [6.45, 7) is 6.05. The van der Waals surface area contributed by atoms with Crippen LogP contribution in [0.1, 0.15) is 36.8 Å². The summed E-state index contributed by atoms with van der Waals surface area (Å²) in [7, 11) is 0. The Balaban J connectivity index is 1.39. The van der Waals surface area contributed by atoms with E-state index in [1.54, 1.807) is 16.0 Å². The van der Waals surface area contributed by atoms with E-state index in [4.69, 9.17) is 9.47 Å². The molecular weight excluding hydrogens is 434 g/mol. The minimum absolute atomic E-state index is 0.0681. The highest BCUT2D eigenvalue weighted by Crippen LogP contribution is 2.34. The van der Waals surface area contributed by atoms with E-state index >= 15 is 0 Å². The number of carbonyl (C=O) groups is 1. The number of nitrogens with zero attached hydrogens (tertiary/aromatic N) is 4. The standard InChI is InChI=1S/C21H25N5O3S2/c1-14(2)20(15-6-7-17-18(11-15)29-9-4-8-28-17)22-19(27)13-31-21-23-24-25-26(21)12-16-5-3-10-30-16/h3,5-7,10-11,14,20H,4,8-9,12-13H2,1-2H3,(H,22,27)/t20-/m0/s1. The number of tetrazole rings is 1. The molecular formula is C21H25N5O3S2. The molecule has 1 N–H and O–H groups in total. The molecule has 1 amide bonds. The molecule has 0 radical (unpaired) electrons. The first kappa shape index (κ1) is 21.6. The molecule has 3 aromatic rings. The van der Waals surface area contributed by atoms with Crippen LogP contribution in [0, 0.1) is 5.92 Å². The number of thiophene rings is 1. The van der Waals surface area contributed by atoms with Crippen molar-refractivity contribution in [1.29, 1.82) is 0 Å². The SMILES string of the molecule is CC(C)[C@H](NC(=O)CSc1nnnn1Cc1cccs1)c1ccc2c(c1)OCCCO2. The molecule has 3 heterocycles. The lowest BCUT2D eigenvalue weighted by Crippen LogP contribution is -2.33. The topological polar surface area (TPSA) is 91.2 Å². The smallest absolute Gasteiger partial charge is 0.230 e. The van der Waals surface area contributed by atoms with Gasteiger partial charge in [0, 0.05) is 11.3 Å². The minimum atomic E-state index is -0.132. The number of aromatic nitrogens is 4. The quantitative estimate of drug-likeness (QED) is 0.515. The van der Waals surface area contributed by atoms with Crippen LogP contribution >= 0.6 is 23.1 Å². The van der Waals surface area contributed by atoms with E-state index in [2.05, 4.69) is 34.7 Å². The lowest BCUT2D eigenvalue weighted by atomic mass is 9.95. The molecule has 0 saturated heterocycles. The molecule has 1 aliphatic rings. The molecule has 0 bridgehead atoms. The summed E-state index contributed by atoms with van der Waals surface area (Å²) < 4.78 is 13.2. The van der Waals surface area contributed by atoms with Crippen LogP contribution in [0.2, 0.25) is 0 Å². The average Bonchev–Trinajstić information content (AvgIpc) is 3.37. The number of benzene rings is 1. The number of nitrogens with one attached hydrogen (secondary N) is 1. The number of amides is 1. The fraction of sp³-hybridized carbons (Fsp3) is 0.429. The van der Waals surface area contributed by atoms with Crippen molar-refractivity contribution < 1.29 is 14.3 Å². The second-order valence-electron chi connectivity index (χ2n) is 7.53. The van der Waals surface area contributed by atoms with E-state index in [0.717, 1.165) is 28.4 Å². The third-order valence-corrected chi connectivity index (χ3v) is 6.65. The van der Waals surface area contributed by atoms with E-state index in [-0.39, 0.29) is 23.6 Å². The van der Waals surface area contributed by atoms with Crippen molar-refractivity contribution in [3.63, 3.8) is 0 Å². The maximum atomic E-state index is 12.7. The first-order chi connectivity index (χ1) is 15.1. The van der Waals surface area contributed by atoms with Crippen LogP contribution in [0.4, 0.5) is 0 Å². The Morgan fingerprint density at radius 3 is 2.87 bits per heavy atom. The first-order valence-electron chi connectivity index (χ1n) is 10.2. The van der Waals surface area contributed by atoms with E-state index in [9.17, 15) is 4.79 Å². The predicted molar refractivity (Wildman–Crippen MR) is 120 cm³/mol. The fourth-order valence-corrected chi connectivity index (χ4v) is 4.68. The average molecular weight is 460 g/mol. The van der Waals surface area contributed by atoms with Gasteiger partial charge in [0.05, 0.1) is 31.6 Å². The lowest BCUT2D eigenvalue weighted by Gasteiger charge is -2.23. The van der Waals surface area contributed by atoms with Gasteiger partial charge in [-0.05, 0) is 45.5 Å². The first-order valence-corrected chi connectivity index (χ1v) is 12.1. The van der Waals surface area contributed by atoms with Crippen molar-refractivity contribution in [2.75, 3.05) is 19.0 Å². The second-order valence-corrected chi connectivity index (χ2v) is 9.51. The molecule has 0 saturated carbocycles. The summed E-state index contributed by atoms with van der Waals surface area (Å²) >= 11 is 2.98. The highest BCUT2D eigenvalue weighted by molar-refractivity contribution is 7.99. The molecule has 2 aromatic heterocycles. The number of thioether (sulfide) groups is 1. The Morgan fingerprint density at radius 1 is 1.26 bits per heavy atom. The van der Waals surface area contributed by atoms with Crippen LogP contribution in [-0.2, 0) is 11.3 Å². The van der Waals surface area contributed by atoms with Gasteiger partial charge in [-0.15, -0.1) is 16.4 Å². The normalized spacial score (nSPS) is 14.3. The van der Waals surface area contributed by atoms with Crippen molar-refractivity contribution in [3.05, 3.63) is 46.2 Å². The lowest BCUT2D eigenvalue weighted by molar-refractivity contribution is -0.119. The zero-order chi connectivity index (χ0) is 21.6. The van der Waals surface area contributed by atoms with E-state index in [1.807, 2.05) is 35.7 Å². The van der Waals surface area contributed by atoms with Gasteiger partial charge < -0.3 is 14.8 Å². The molecule has 10 heteroatoms. The molecule has 1 aromatic carbocycles. The fourth-order valence-electron chi connectivity index (χ4n) is 3.30. The summed E-state index contributed by atoms with van der Waals surface area (Å²) in [4.78, 5) is 13.9. The summed E-state index contributed by atoms with van der Waals surface area (Å²) in [5, 5.41) is 17.6. The summed E-state index contributed by atoms with van der Waals surface area (Å²) in [5.74, 6) is 1.86. The predicted octanol–water partition coefficient (Wildman–Crippen LogP) is 3.55. The number of ether oxygens (including phenoxy) is 2. The van der Waals surface area contributed by atoms with Crippen molar-refractivity contribution in [1.82, 2.24) is 25.5 Å². The Hall–Kier alpha value is -2.59. The van der Waals surface area contributed by atoms with Crippen molar-refractivity contribution in [3.8, 4) is 11.5 Å². The minimum Gasteiger partial charge on any atom is -0.490 e. The molecule has 4 rings (SSSR count). The summed E-state index contributed by atoms with van der Waals surface area (Å²) in [6.07, 6.45) is 0.859. The number of fused-ring (bicyclic) bond motifs is 1. The zero-order valence-electron chi connectivity index (χ0n) is 17.5. The number of hydrogen-bond acceptors (Lipinski definition) is 8. The van der Waals surface area contributed by atoms with E-state index in [1.165, 1.54) is 11.8 Å². The number of carbonyl (C=O) groups excluding carboxylic acids is 1. The third-order valence-electron chi connectivity index (χ3n) is 4.83.